The van der Waals surface area contributed by atoms with E-state index in [1.54, 1.807) is 42.5 Å². The van der Waals surface area contributed by atoms with Crippen molar-refractivity contribution in [3.05, 3.63) is 88.2 Å². The number of aromatic hydroxyl groups is 1. The number of benzene rings is 3. The number of rotatable bonds is 21. The molecule has 0 aliphatic rings. The number of H-pyrrole nitrogens is 1. The van der Waals surface area contributed by atoms with Gasteiger partial charge in [0, 0.05) is 5.56 Å². The van der Waals surface area contributed by atoms with E-state index in [0.717, 1.165) is 29.5 Å². The smallest absolute Gasteiger partial charge is 1.00 e. The van der Waals surface area contributed by atoms with Crippen molar-refractivity contribution < 1.29 is 141 Å². The SMILES string of the molecule is CCCCCCCCCCCCCCCc1ccc(N=Nc2c(NC(=O)c3cc(S(=O)(=O)O)cc(S(=O)(=O)O)c3)[nH]n(-c3ccccc3)c2=O)c(O)c1.[H-].[H-].[K+].[K+]. The van der Waals surface area contributed by atoms with Crippen LogP contribution in [0.5, 0.6) is 5.75 Å². The van der Waals surface area contributed by atoms with Crippen molar-refractivity contribution in [2.24, 2.45) is 10.2 Å². The first-order valence-corrected chi connectivity index (χ1v) is 20.7. The van der Waals surface area contributed by atoms with Gasteiger partial charge in [-0.1, -0.05) is 108 Å². The van der Waals surface area contributed by atoms with Crippen LogP contribution in [0, 0.1) is 0 Å². The first-order valence-electron chi connectivity index (χ1n) is 17.8. The number of aromatic nitrogens is 2. The van der Waals surface area contributed by atoms with Crippen molar-refractivity contribution in [3.8, 4) is 11.4 Å². The van der Waals surface area contributed by atoms with E-state index in [-0.39, 0.29) is 123 Å². The molecule has 0 atom stereocenters. The van der Waals surface area contributed by atoms with Crippen LogP contribution in [0.3, 0.4) is 0 Å². The van der Waals surface area contributed by atoms with E-state index in [0.29, 0.717) is 23.9 Å². The number of para-hydroxylation sites is 1. The number of anilines is 1. The molecule has 0 fully saturated rings. The Balaban J connectivity index is 0.00000784. The van der Waals surface area contributed by atoms with Crippen LogP contribution in [0.1, 0.15) is 109 Å². The minimum absolute atomic E-state index is 0. The topological polar surface area (TPSA) is 221 Å². The average Bonchev–Trinajstić information content (AvgIpc) is 3.43. The summed E-state index contributed by atoms with van der Waals surface area (Å²) < 4.78 is 67.1. The molecule has 3 aromatic carbocycles. The Bertz CT molecular complexity index is 2120. The molecule has 0 bridgehead atoms. The summed E-state index contributed by atoms with van der Waals surface area (Å²) in [6.45, 7) is 2.24. The van der Waals surface area contributed by atoms with Gasteiger partial charge in [0.25, 0.3) is 26.1 Å². The van der Waals surface area contributed by atoms with Gasteiger partial charge in [-0.3, -0.25) is 23.8 Å². The van der Waals surface area contributed by atoms with E-state index in [1.165, 1.54) is 70.6 Å². The molecule has 14 nitrogen and oxygen atoms in total. The normalized spacial score (nSPS) is 11.6. The molecule has 4 rings (SSSR count). The number of phenolic OH excluding ortho intramolecular Hbond substituents is 1. The maximum Gasteiger partial charge on any atom is 1.00 e. The van der Waals surface area contributed by atoms with Crippen molar-refractivity contribution in [1.82, 2.24) is 9.78 Å². The molecule has 0 unspecified atom stereocenters. The van der Waals surface area contributed by atoms with E-state index in [2.05, 4.69) is 27.6 Å². The third-order valence-corrected chi connectivity index (χ3v) is 10.4. The molecule has 55 heavy (non-hydrogen) atoms. The molecule has 290 valence electrons. The second kappa shape index (κ2) is 24.5. The van der Waals surface area contributed by atoms with Crippen LogP contribution >= 0.6 is 0 Å². The largest absolute Gasteiger partial charge is 1.00 e. The molecule has 5 N–H and O–H groups in total. The van der Waals surface area contributed by atoms with Crippen molar-refractivity contribution >= 4 is 43.3 Å². The van der Waals surface area contributed by atoms with Crippen molar-refractivity contribution in [2.75, 3.05) is 5.32 Å². The summed E-state index contributed by atoms with van der Waals surface area (Å²) in [5.74, 6) is -1.60. The monoisotopic (exact) mass is 849 g/mol. The number of azo groups is 1. The van der Waals surface area contributed by atoms with Gasteiger partial charge in [-0.25, -0.2) is 4.68 Å². The first kappa shape index (κ1) is 49.8. The summed E-state index contributed by atoms with van der Waals surface area (Å²) in [6, 6.07) is 15.1. The zero-order chi connectivity index (χ0) is 38.4. The van der Waals surface area contributed by atoms with Gasteiger partial charge in [-0.05, 0) is 60.9 Å². The Morgan fingerprint density at radius 2 is 1.27 bits per heavy atom. The molecule has 18 heteroatoms. The van der Waals surface area contributed by atoms with Gasteiger partial charge >= 0.3 is 108 Å². The van der Waals surface area contributed by atoms with Crippen LogP contribution < -0.4 is 114 Å². The molecule has 0 spiro atoms. The number of nitrogens with zero attached hydrogens (tertiary/aromatic N) is 3. The zero-order valence-corrected chi connectivity index (χ0v) is 39.6. The predicted molar refractivity (Wildman–Crippen MR) is 204 cm³/mol. The molecule has 4 aromatic rings. The molecule has 1 aromatic heterocycles. The third-order valence-electron chi connectivity index (χ3n) is 8.72. The molecule has 0 saturated heterocycles. The predicted octanol–water partition coefficient (Wildman–Crippen LogP) is 2.90. The number of phenols is 1. The number of aromatic amines is 1. The Hall–Kier alpha value is -1.37. The van der Waals surface area contributed by atoms with E-state index in [4.69, 9.17) is 0 Å². The second-order valence-corrected chi connectivity index (χ2v) is 15.8. The Morgan fingerprint density at radius 1 is 0.745 bits per heavy atom. The fraction of sp³-hybridized carbons (Fsp3) is 0.405. The van der Waals surface area contributed by atoms with Crippen LogP contribution in [0.4, 0.5) is 17.2 Å². The van der Waals surface area contributed by atoms with E-state index in [1.807, 2.05) is 6.07 Å². The third kappa shape index (κ3) is 16.1. The molecular weight excluding hydrogens is 801 g/mol. The number of amides is 1. The van der Waals surface area contributed by atoms with Crippen molar-refractivity contribution in [3.63, 3.8) is 0 Å². The molecule has 1 amide bonds. The quantitative estimate of drug-likeness (QED) is 0.0360. The zero-order valence-electron chi connectivity index (χ0n) is 33.7. The number of hydrogen-bond donors (Lipinski definition) is 5. The van der Waals surface area contributed by atoms with Crippen LogP contribution in [-0.2, 0) is 26.7 Å². The number of carbonyl (C=O) groups is 1. The van der Waals surface area contributed by atoms with Gasteiger partial charge in [-0.2, -0.15) is 16.8 Å². The van der Waals surface area contributed by atoms with Gasteiger partial charge < -0.3 is 13.3 Å². The average molecular weight is 850 g/mol. The fourth-order valence-electron chi connectivity index (χ4n) is 5.81. The Morgan fingerprint density at radius 3 is 1.78 bits per heavy atom. The Kier molecular flexibility index (Phi) is 22.2. The summed E-state index contributed by atoms with van der Waals surface area (Å²) >= 11 is 0. The van der Waals surface area contributed by atoms with Gasteiger partial charge in [0.15, 0.2) is 11.5 Å². The molecule has 0 aliphatic carbocycles. The van der Waals surface area contributed by atoms with Crippen LogP contribution in [0.15, 0.2) is 91.5 Å². The number of unbranched alkanes of at least 4 members (excludes halogenated alkanes) is 12. The molecule has 1 heterocycles. The van der Waals surface area contributed by atoms with Crippen LogP contribution in [0.2, 0.25) is 0 Å². The maximum absolute atomic E-state index is 13.5. The number of aryl methyl sites for hydroxylation is 1. The number of hydrogen-bond acceptors (Lipinski definition) is 9. The van der Waals surface area contributed by atoms with Gasteiger partial charge in [0.1, 0.15) is 11.4 Å². The summed E-state index contributed by atoms with van der Waals surface area (Å²) in [5, 5.41) is 23.8. The minimum Gasteiger partial charge on any atom is -1.00 e. The summed E-state index contributed by atoms with van der Waals surface area (Å²) in [5.41, 5.74) is -0.418. The molecule has 0 aliphatic heterocycles. The van der Waals surface area contributed by atoms with Crippen LogP contribution in [-0.4, -0.2) is 46.7 Å². The van der Waals surface area contributed by atoms with Crippen molar-refractivity contribution in [2.45, 2.75) is 107 Å². The minimum atomic E-state index is -5.00. The van der Waals surface area contributed by atoms with E-state index < -0.39 is 52.7 Å². The standard InChI is InChI=1S/C37H47N5O9S2.2K.2H/c1-2-3-4-5-6-7-8-9-10-11-12-13-15-18-27-21-22-32(33(43)23-27)39-40-34-35(41-42(37(34)45)29-19-16-14-17-20-29)38-36(44)28-24-30(52(46,47)48)26-31(25-28)53(49,50)51;;;;/h14,16-17,19-26,41,43H,2-13,15,18H2,1H3,(H,38,44)(H,46,47,48)(H,49,50,51);;;;/q;2*+1;2*-1. The Labute approximate surface area is 410 Å². The summed E-state index contributed by atoms with van der Waals surface area (Å²) in [6.07, 6.45) is 17.1. The number of nitrogens with one attached hydrogen (secondary N) is 2. The van der Waals surface area contributed by atoms with Crippen molar-refractivity contribution in [1.29, 1.82) is 0 Å². The molecule has 0 radical (unpaired) electrons. The second-order valence-electron chi connectivity index (χ2n) is 12.9. The molecular formula is C37H49K2N5O9S2. The van der Waals surface area contributed by atoms with Gasteiger partial charge in [-0.15, -0.1) is 10.2 Å². The maximum atomic E-state index is 13.5. The van der Waals surface area contributed by atoms with E-state index >= 15 is 0 Å². The van der Waals surface area contributed by atoms with Crippen LogP contribution in [0.25, 0.3) is 5.69 Å². The van der Waals surface area contributed by atoms with Gasteiger partial charge in [0.05, 0.1) is 15.5 Å². The van der Waals surface area contributed by atoms with E-state index in [9.17, 15) is 40.6 Å². The number of carbonyl (C=O) groups excluding carboxylic acids is 1. The molecule has 0 saturated carbocycles. The summed E-state index contributed by atoms with van der Waals surface area (Å²) in [7, 11) is -10.00. The fourth-order valence-corrected chi connectivity index (χ4v) is 6.99. The summed E-state index contributed by atoms with van der Waals surface area (Å²) in [4.78, 5) is 24.8. The first-order chi connectivity index (χ1) is 25.3. The van der Waals surface area contributed by atoms with Gasteiger partial charge in [0.2, 0.25) is 0 Å².